The maximum atomic E-state index is 12.7. The van der Waals surface area contributed by atoms with Crippen molar-refractivity contribution in [3.8, 4) is 0 Å². The van der Waals surface area contributed by atoms with Crippen LogP contribution in [0.15, 0.2) is 29.2 Å². The van der Waals surface area contributed by atoms with Gasteiger partial charge >= 0.3 is 0 Å². The fourth-order valence-corrected chi connectivity index (χ4v) is 4.34. The van der Waals surface area contributed by atoms with Crippen LogP contribution in [-0.4, -0.2) is 25.3 Å². The Bertz CT molecular complexity index is 528. The van der Waals surface area contributed by atoms with Gasteiger partial charge in [-0.2, -0.15) is 4.31 Å². The summed E-state index contributed by atoms with van der Waals surface area (Å²) in [5.74, 6) is 0. The van der Waals surface area contributed by atoms with Gasteiger partial charge < -0.3 is 5.73 Å². The highest BCUT2D eigenvalue weighted by molar-refractivity contribution is 7.89. The Morgan fingerprint density at radius 1 is 1.32 bits per heavy atom. The number of hydrogen-bond acceptors (Lipinski definition) is 3. The smallest absolute Gasteiger partial charge is 0.243 e. The summed E-state index contributed by atoms with van der Waals surface area (Å²) in [6.45, 7) is 2.98. The van der Waals surface area contributed by atoms with Gasteiger partial charge in [0.2, 0.25) is 10.0 Å². The van der Waals surface area contributed by atoms with Crippen molar-refractivity contribution in [2.45, 2.75) is 50.1 Å². The Hall–Kier alpha value is -0.910. The molecule has 0 amide bonds. The predicted molar refractivity (Wildman–Crippen MR) is 76.2 cm³/mol. The number of rotatable bonds is 3. The Morgan fingerprint density at radius 2 is 2.11 bits per heavy atom. The summed E-state index contributed by atoms with van der Waals surface area (Å²) >= 11 is 0. The molecule has 1 heterocycles. The van der Waals surface area contributed by atoms with Gasteiger partial charge in [0.1, 0.15) is 0 Å². The molecule has 1 aromatic rings. The standard InChI is InChI=1S/C14H22N2O2S/c1-12-6-3-2-4-9-16(12)19(17,18)14-8-5-7-13(10-14)11-15/h5,7-8,10,12H,2-4,6,9,11,15H2,1H3. The molecule has 1 aliphatic heterocycles. The molecule has 106 valence electrons. The molecule has 1 fully saturated rings. The first-order valence-corrected chi connectivity index (χ1v) is 8.30. The Kier molecular flexibility index (Phi) is 4.60. The van der Waals surface area contributed by atoms with Crippen molar-refractivity contribution in [3.05, 3.63) is 29.8 Å². The zero-order valence-electron chi connectivity index (χ0n) is 11.4. The maximum absolute atomic E-state index is 12.7. The van der Waals surface area contributed by atoms with Gasteiger partial charge in [0.05, 0.1) is 4.90 Å². The van der Waals surface area contributed by atoms with Crippen LogP contribution in [0.1, 0.15) is 38.2 Å². The van der Waals surface area contributed by atoms with Gasteiger partial charge in [-0.15, -0.1) is 0 Å². The van der Waals surface area contributed by atoms with E-state index >= 15 is 0 Å². The van der Waals surface area contributed by atoms with Crippen molar-refractivity contribution >= 4 is 10.0 Å². The van der Waals surface area contributed by atoms with Gasteiger partial charge in [-0.3, -0.25) is 0 Å². The van der Waals surface area contributed by atoms with E-state index in [2.05, 4.69) is 0 Å². The first-order chi connectivity index (χ1) is 9.05. The third-order valence-electron chi connectivity index (χ3n) is 3.73. The highest BCUT2D eigenvalue weighted by atomic mass is 32.2. The molecule has 2 N–H and O–H groups in total. The average Bonchev–Trinajstić information content (AvgIpc) is 2.64. The number of sulfonamides is 1. The molecule has 19 heavy (non-hydrogen) atoms. The van der Waals surface area contributed by atoms with Crippen molar-refractivity contribution in [1.82, 2.24) is 4.31 Å². The SMILES string of the molecule is CC1CCCCCN1S(=O)(=O)c1cccc(CN)c1. The molecule has 0 aliphatic carbocycles. The molecule has 1 aliphatic rings. The topological polar surface area (TPSA) is 63.4 Å². The molecule has 0 saturated carbocycles. The first-order valence-electron chi connectivity index (χ1n) is 6.86. The van der Waals surface area contributed by atoms with Crippen LogP contribution in [0.2, 0.25) is 0 Å². The summed E-state index contributed by atoms with van der Waals surface area (Å²) in [6.07, 6.45) is 4.10. The molecular formula is C14H22N2O2S. The lowest BCUT2D eigenvalue weighted by Crippen LogP contribution is -2.38. The van der Waals surface area contributed by atoms with E-state index in [0.29, 0.717) is 18.0 Å². The highest BCUT2D eigenvalue weighted by Gasteiger charge is 2.29. The zero-order valence-corrected chi connectivity index (χ0v) is 12.2. The minimum atomic E-state index is -3.39. The van der Waals surface area contributed by atoms with E-state index in [1.54, 1.807) is 22.5 Å². The molecule has 4 nitrogen and oxygen atoms in total. The maximum Gasteiger partial charge on any atom is 0.243 e. The molecule has 5 heteroatoms. The number of hydrogen-bond donors (Lipinski definition) is 1. The van der Waals surface area contributed by atoms with Gasteiger partial charge in [-0.25, -0.2) is 8.42 Å². The molecule has 0 bridgehead atoms. The number of benzene rings is 1. The molecule has 0 aromatic heterocycles. The number of nitrogens with two attached hydrogens (primary N) is 1. The van der Waals surface area contributed by atoms with Crippen LogP contribution in [-0.2, 0) is 16.6 Å². The van der Waals surface area contributed by atoms with Crippen LogP contribution in [0.5, 0.6) is 0 Å². The summed E-state index contributed by atoms with van der Waals surface area (Å²) in [5, 5.41) is 0. The molecule has 1 unspecified atom stereocenters. The third-order valence-corrected chi connectivity index (χ3v) is 5.74. The van der Waals surface area contributed by atoms with E-state index in [0.717, 1.165) is 31.2 Å². The molecule has 1 atom stereocenters. The largest absolute Gasteiger partial charge is 0.326 e. The molecule has 0 radical (unpaired) electrons. The lowest BCUT2D eigenvalue weighted by molar-refractivity contribution is 0.342. The summed E-state index contributed by atoms with van der Waals surface area (Å²) in [5.41, 5.74) is 6.43. The fraction of sp³-hybridized carbons (Fsp3) is 0.571. The summed E-state index contributed by atoms with van der Waals surface area (Å²) < 4.78 is 27.1. The van der Waals surface area contributed by atoms with Crippen LogP contribution in [0.4, 0.5) is 0 Å². The van der Waals surface area contributed by atoms with Crippen LogP contribution in [0.3, 0.4) is 0 Å². The van der Waals surface area contributed by atoms with E-state index < -0.39 is 10.0 Å². The lowest BCUT2D eigenvalue weighted by Gasteiger charge is -2.26. The third kappa shape index (κ3) is 3.16. The van der Waals surface area contributed by atoms with Crippen molar-refractivity contribution in [2.75, 3.05) is 6.54 Å². The van der Waals surface area contributed by atoms with Gasteiger partial charge in [-0.05, 0) is 37.5 Å². The summed E-state index contributed by atoms with van der Waals surface area (Å²) in [7, 11) is -3.39. The molecule has 1 aromatic carbocycles. The van der Waals surface area contributed by atoms with E-state index in [4.69, 9.17) is 5.73 Å². The van der Waals surface area contributed by atoms with Crippen molar-refractivity contribution in [2.24, 2.45) is 5.73 Å². The fourth-order valence-electron chi connectivity index (χ4n) is 2.57. The van der Waals surface area contributed by atoms with Crippen molar-refractivity contribution < 1.29 is 8.42 Å². The zero-order chi connectivity index (χ0) is 13.9. The molecule has 1 saturated heterocycles. The van der Waals surface area contributed by atoms with E-state index in [1.165, 1.54) is 0 Å². The van der Waals surface area contributed by atoms with E-state index in [-0.39, 0.29) is 6.04 Å². The van der Waals surface area contributed by atoms with Gasteiger partial charge in [0, 0.05) is 19.1 Å². The van der Waals surface area contributed by atoms with Gasteiger partial charge in [-0.1, -0.05) is 25.0 Å². The Balaban J connectivity index is 2.34. The monoisotopic (exact) mass is 282 g/mol. The van der Waals surface area contributed by atoms with Crippen LogP contribution >= 0.6 is 0 Å². The second-order valence-corrected chi connectivity index (χ2v) is 7.06. The lowest BCUT2D eigenvalue weighted by atomic mass is 10.1. The quantitative estimate of drug-likeness (QED) is 0.923. The van der Waals surface area contributed by atoms with Crippen LogP contribution in [0.25, 0.3) is 0 Å². The minimum absolute atomic E-state index is 0.0778. The van der Waals surface area contributed by atoms with Crippen LogP contribution < -0.4 is 5.73 Å². The second-order valence-electron chi connectivity index (χ2n) is 5.17. The molecule has 2 rings (SSSR count). The number of nitrogens with zero attached hydrogens (tertiary/aromatic N) is 1. The van der Waals surface area contributed by atoms with Crippen LogP contribution in [0, 0.1) is 0 Å². The highest BCUT2D eigenvalue weighted by Crippen LogP contribution is 2.24. The predicted octanol–water partition coefficient (Wildman–Crippen LogP) is 2.10. The van der Waals surface area contributed by atoms with Crippen molar-refractivity contribution in [1.29, 1.82) is 0 Å². The van der Waals surface area contributed by atoms with E-state index in [1.807, 2.05) is 13.0 Å². The Morgan fingerprint density at radius 3 is 2.84 bits per heavy atom. The molecular weight excluding hydrogens is 260 g/mol. The van der Waals surface area contributed by atoms with Gasteiger partial charge in [0.15, 0.2) is 0 Å². The van der Waals surface area contributed by atoms with Crippen molar-refractivity contribution in [3.63, 3.8) is 0 Å². The normalized spacial score (nSPS) is 22.1. The first kappa shape index (κ1) is 14.5. The summed E-state index contributed by atoms with van der Waals surface area (Å²) in [4.78, 5) is 0.365. The summed E-state index contributed by atoms with van der Waals surface area (Å²) in [6, 6.07) is 7.04. The Labute approximate surface area is 115 Å². The van der Waals surface area contributed by atoms with E-state index in [9.17, 15) is 8.42 Å². The van der Waals surface area contributed by atoms with Gasteiger partial charge in [0.25, 0.3) is 0 Å². The minimum Gasteiger partial charge on any atom is -0.326 e. The second kappa shape index (κ2) is 6.03. The average molecular weight is 282 g/mol. The molecule has 0 spiro atoms.